The monoisotopic (exact) mass is 477 g/mol. The molecule has 2 aliphatic heterocycles. The molecule has 2 heterocycles. The van der Waals surface area contributed by atoms with Crippen LogP contribution in [-0.2, 0) is 14.3 Å². The minimum Gasteiger partial charge on any atom is -0.394 e. The second kappa shape index (κ2) is 12.6. The van der Waals surface area contributed by atoms with Crippen LogP contribution in [0.1, 0.15) is 32.1 Å². The Kier molecular flexibility index (Phi) is 9.06. The molecule has 1 fully saturated rings. The third kappa shape index (κ3) is 7.49. The molecule has 0 saturated carbocycles. The number of likely N-dealkylation sites (tertiary alicyclic amines) is 1. The van der Waals surface area contributed by atoms with Crippen LogP contribution in [-0.4, -0.2) is 66.3 Å². The Labute approximate surface area is 207 Å². The molecular weight excluding hydrogens is 442 g/mol. The summed E-state index contributed by atoms with van der Waals surface area (Å²) in [6.07, 6.45) is 6.79. The van der Waals surface area contributed by atoms with Crippen LogP contribution in [0.4, 0.5) is 5.69 Å². The van der Waals surface area contributed by atoms with E-state index in [2.05, 4.69) is 15.5 Å². The molecule has 1 saturated heterocycles. The van der Waals surface area contributed by atoms with E-state index in [4.69, 9.17) is 4.74 Å². The zero-order chi connectivity index (χ0) is 24.5. The van der Waals surface area contributed by atoms with E-state index < -0.39 is 18.2 Å². The summed E-state index contributed by atoms with van der Waals surface area (Å²) < 4.78 is 5.91. The van der Waals surface area contributed by atoms with Gasteiger partial charge in [0, 0.05) is 18.7 Å². The molecule has 0 aromatic heterocycles. The molecule has 186 valence electrons. The summed E-state index contributed by atoms with van der Waals surface area (Å²) >= 11 is 0. The number of hydrogen-bond donors (Lipinski definition) is 3. The molecule has 2 amide bonds. The third-order valence-electron chi connectivity index (χ3n) is 6.56. The van der Waals surface area contributed by atoms with Gasteiger partial charge in [-0.1, -0.05) is 61.0 Å². The van der Waals surface area contributed by atoms with E-state index in [0.29, 0.717) is 12.1 Å². The van der Waals surface area contributed by atoms with Gasteiger partial charge in [-0.25, -0.2) is 0 Å². The van der Waals surface area contributed by atoms with Gasteiger partial charge in [-0.2, -0.15) is 0 Å². The largest absolute Gasteiger partial charge is 0.394 e. The van der Waals surface area contributed by atoms with Crippen molar-refractivity contribution < 1.29 is 19.4 Å². The van der Waals surface area contributed by atoms with E-state index in [1.165, 1.54) is 19.3 Å². The van der Waals surface area contributed by atoms with Gasteiger partial charge >= 0.3 is 0 Å². The second-order valence-electron chi connectivity index (χ2n) is 9.22. The van der Waals surface area contributed by atoms with Crippen molar-refractivity contribution in [2.24, 2.45) is 0 Å². The zero-order valence-electron chi connectivity index (χ0n) is 20.1. The Bertz CT molecular complexity index is 987. The summed E-state index contributed by atoms with van der Waals surface area (Å²) in [7, 11) is 0. The number of amides is 2. The average molecular weight is 478 g/mol. The van der Waals surface area contributed by atoms with Gasteiger partial charge < -0.3 is 25.4 Å². The summed E-state index contributed by atoms with van der Waals surface area (Å²) in [5.74, 6) is -0.227. The first-order valence-electron chi connectivity index (χ1n) is 12.5. The lowest BCUT2D eigenvalue weighted by molar-refractivity contribution is -0.126. The fraction of sp³-hybridized carbons (Fsp3) is 0.429. The quantitative estimate of drug-likeness (QED) is 0.482. The van der Waals surface area contributed by atoms with Crippen molar-refractivity contribution in [3.05, 3.63) is 66.7 Å². The zero-order valence-corrected chi connectivity index (χ0v) is 20.1. The molecule has 0 unspecified atom stereocenters. The molecule has 7 heteroatoms. The minimum absolute atomic E-state index is 0.0533. The van der Waals surface area contributed by atoms with Crippen LogP contribution in [0.5, 0.6) is 0 Å². The van der Waals surface area contributed by atoms with Crippen LogP contribution >= 0.6 is 0 Å². The molecule has 3 N–H and O–H groups in total. The van der Waals surface area contributed by atoms with E-state index in [1.54, 1.807) is 6.08 Å². The fourth-order valence-electron chi connectivity index (χ4n) is 4.61. The van der Waals surface area contributed by atoms with E-state index in [0.717, 1.165) is 30.8 Å². The lowest BCUT2D eigenvalue weighted by atomic mass is 10.0. The van der Waals surface area contributed by atoms with Crippen LogP contribution in [0.15, 0.2) is 66.7 Å². The summed E-state index contributed by atoms with van der Waals surface area (Å²) in [6.45, 7) is 2.63. The minimum atomic E-state index is -0.582. The number of carbonyl (C=O) groups is 2. The highest BCUT2D eigenvalue weighted by Crippen LogP contribution is 2.22. The topological polar surface area (TPSA) is 90.9 Å². The van der Waals surface area contributed by atoms with Gasteiger partial charge in [0.05, 0.1) is 25.2 Å². The summed E-state index contributed by atoms with van der Waals surface area (Å²) in [5, 5.41) is 15.7. The molecule has 0 radical (unpaired) electrons. The average Bonchev–Trinajstić information content (AvgIpc) is 2.90. The number of ether oxygens (including phenoxy) is 1. The first kappa shape index (κ1) is 25.1. The first-order chi connectivity index (χ1) is 17.1. The van der Waals surface area contributed by atoms with Crippen molar-refractivity contribution in [1.29, 1.82) is 0 Å². The van der Waals surface area contributed by atoms with Crippen molar-refractivity contribution in [3.8, 4) is 11.1 Å². The van der Waals surface area contributed by atoms with Crippen LogP contribution in [0, 0.1) is 0 Å². The van der Waals surface area contributed by atoms with Crippen molar-refractivity contribution in [1.82, 2.24) is 10.2 Å². The Morgan fingerprint density at radius 2 is 1.63 bits per heavy atom. The van der Waals surface area contributed by atoms with Gasteiger partial charge in [0.15, 0.2) is 0 Å². The highest BCUT2D eigenvalue weighted by molar-refractivity contribution is 5.91. The fourth-order valence-corrected chi connectivity index (χ4v) is 4.61. The van der Waals surface area contributed by atoms with Gasteiger partial charge in [0.1, 0.15) is 6.10 Å². The van der Waals surface area contributed by atoms with Crippen molar-refractivity contribution in [3.63, 3.8) is 0 Å². The number of anilines is 1. The molecule has 2 aliphatic rings. The lowest BCUT2D eigenvalue weighted by Crippen LogP contribution is -2.49. The van der Waals surface area contributed by atoms with Gasteiger partial charge in [-0.15, -0.1) is 0 Å². The second-order valence-corrected chi connectivity index (χ2v) is 9.22. The Balaban J connectivity index is 1.24. The van der Waals surface area contributed by atoms with E-state index >= 15 is 0 Å². The molecule has 2 aromatic rings. The number of rotatable bonds is 9. The van der Waals surface area contributed by atoms with Crippen LogP contribution in [0.25, 0.3) is 11.1 Å². The Morgan fingerprint density at radius 1 is 0.914 bits per heavy atom. The smallest absolute Gasteiger partial charge is 0.227 e. The van der Waals surface area contributed by atoms with Gasteiger partial charge in [0.2, 0.25) is 11.8 Å². The molecule has 35 heavy (non-hydrogen) atoms. The molecular formula is C28H35N3O4. The number of aliphatic hydroxyl groups excluding tert-OH is 1. The Hall–Kier alpha value is -3.00. The summed E-state index contributed by atoms with van der Waals surface area (Å²) in [6, 6.07) is 17.4. The van der Waals surface area contributed by atoms with Crippen LogP contribution in [0.2, 0.25) is 0 Å². The summed E-state index contributed by atoms with van der Waals surface area (Å²) in [4.78, 5) is 27.3. The van der Waals surface area contributed by atoms with Crippen molar-refractivity contribution >= 4 is 17.5 Å². The molecule has 0 aliphatic carbocycles. The number of piperidine rings is 1. The van der Waals surface area contributed by atoms with Gasteiger partial charge in [-0.05, 0) is 49.2 Å². The first-order valence-corrected chi connectivity index (χ1v) is 12.5. The molecule has 3 atom stereocenters. The molecule has 4 rings (SSSR count). The van der Waals surface area contributed by atoms with Crippen LogP contribution < -0.4 is 10.6 Å². The number of carbonyl (C=O) groups excluding carboxylic acids is 2. The number of hydrogen-bond acceptors (Lipinski definition) is 5. The van der Waals surface area contributed by atoms with Gasteiger partial charge in [-0.3, -0.25) is 9.59 Å². The van der Waals surface area contributed by atoms with Crippen molar-refractivity contribution in [2.75, 3.05) is 31.6 Å². The molecule has 0 spiro atoms. The third-order valence-corrected chi connectivity index (χ3v) is 6.56. The number of nitrogens with zero attached hydrogens (tertiary/aromatic N) is 1. The number of nitrogens with one attached hydrogen (secondary N) is 2. The molecule has 7 nitrogen and oxygen atoms in total. The maximum absolute atomic E-state index is 12.6. The Morgan fingerprint density at radius 3 is 2.34 bits per heavy atom. The van der Waals surface area contributed by atoms with E-state index in [1.807, 2.05) is 60.7 Å². The summed E-state index contributed by atoms with van der Waals surface area (Å²) in [5.41, 5.74) is 2.92. The molecule has 2 aromatic carbocycles. The number of aliphatic hydroxyl groups is 1. The normalized spacial score (nSPS) is 22.5. The maximum Gasteiger partial charge on any atom is 0.227 e. The molecule has 0 bridgehead atoms. The standard InChI is InChI=1S/C28H35N3O4/c32-20-26-25(30-27(33)15-18-31-16-5-2-6-17-31)14-13-24(35-26)19-28(34)29-23-11-9-22(10-12-23)21-7-3-1-4-8-21/h1,3-4,7-14,24-26,32H,2,5-6,15-20H2,(H,29,34)(H,30,33)/t24-,25-,26-/m1/s1. The number of benzene rings is 2. The van der Waals surface area contributed by atoms with E-state index in [-0.39, 0.29) is 24.8 Å². The lowest BCUT2D eigenvalue weighted by Gasteiger charge is -2.32. The predicted octanol–water partition coefficient (Wildman–Crippen LogP) is 3.36. The van der Waals surface area contributed by atoms with Crippen LogP contribution in [0.3, 0.4) is 0 Å². The van der Waals surface area contributed by atoms with Gasteiger partial charge in [0.25, 0.3) is 0 Å². The highest BCUT2D eigenvalue weighted by Gasteiger charge is 2.29. The maximum atomic E-state index is 12.6. The van der Waals surface area contributed by atoms with E-state index in [9.17, 15) is 14.7 Å². The van der Waals surface area contributed by atoms with Crippen molar-refractivity contribution in [2.45, 2.75) is 50.4 Å². The predicted molar refractivity (Wildman–Crippen MR) is 137 cm³/mol. The SMILES string of the molecule is O=C(C[C@H]1C=C[C@@H](NC(=O)CCN2CCCCC2)[C@@H](CO)O1)Nc1ccc(-c2ccccc2)cc1. The highest BCUT2D eigenvalue weighted by atomic mass is 16.5.